The van der Waals surface area contributed by atoms with Crippen molar-refractivity contribution in [3.63, 3.8) is 0 Å². The molecular formula is C12H17NO3S. The summed E-state index contributed by atoms with van der Waals surface area (Å²) in [4.78, 5) is 12.1. The van der Waals surface area contributed by atoms with Crippen molar-refractivity contribution in [2.75, 3.05) is 25.2 Å². The highest BCUT2D eigenvalue weighted by atomic mass is 32.2. The fourth-order valence-electron chi connectivity index (χ4n) is 1.24. The highest BCUT2D eigenvalue weighted by Gasteiger charge is 2.05. The van der Waals surface area contributed by atoms with Gasteiger partial charge >= 0.3 is 5.97 Å². The van der Waals surface area contributed by atoms with Crippen LogP contribution in [0.15, 0.2) is 23.1 Å². The van der Waals surface area contributed by atoms with Gasteiger partial charge in [-0.05, 0) is 25.1 Å². The van der Waals surface area contributed by atoms with E-state index in [4.69, 9.17) is 15.2 Å². The van der Waals surface area contributed by atoms with E-state index in [1.807, 2.05) is 12.1 Å². The second-order valence-electron chi connectivity index (χ2n) is 3.31. The van der Waals surface area contributed by atoms with Crippen LogP contribution >= 0.6 is 11.8 Å². The number of benzene rings is 1. The highest BCUT2D eigenvalue weighted by molar-refractivity contribution is 7.99. The summed E-state index contributed by atoms with van der Waals surface area (Å²) in [5.74, 6) is 1.23. The Morgan fingerprint density at radius 2 is 2.24 bits per heavy atom. The SMILES string of the molecule is CCOC(=O)CCSc1cc(OC)ccc1N. The van der Waals surface area contributed by atoms with Crippen molar-refractivity contribution in [1.82, 2.24) is 0 Å². The number of ether oxygens (including phenoxy) is 2. The van der Waals surface area contributed by atoms with Gasteiger partial charge in [0, 0.05) is 16.3 Å². The van der Waals surface area contributed by atoms with Gasteiger partial charge in [0.1, 0.15) is 5.75 Å². The first-order valence-electron chi connectivity index (χ1n) is 5.39. The van der Waals surface area contributed by atoms with Gasteiger partial charge in [-0.25, -0.2) is 0 Å². The van der Waals surface area contributed by atoms with E-state index in [1.165, 1.54) is 11.8 Å². The first-order chi connectivity index (χ1) is 8.17. The molecule has 0 aliphatic rings. The second kappa shape index (κ2) is 7.06. The molecule has 1 aromatic rings. The molecule has 0 bridgehead atoms. The molecule has 94 valence electrons. The number of hydrogen-bond acceptors (Lipinski definition) is 5. The first kappa shape index (κ1) is 13.7. The van der Waals surface area contributed by atoms with Crippen LogP contribution in [0.2, 0.25) is 0 Å². The van der Waals surface area contributed by atoms with Crippen molar-refractivity contribution < 1.29 is 14.3 Å². The number of carbonyl (C=O) groups excluding carboxylic acids is 1. The average Bonchev–Trinajstić information content (AvgIpc) is 2.32. The van der Waals surface area contributed by atoms with Crippen LogP contribution in [0.3, 0.4) is 0 Å². The van der Waals surface area contributed by atoms with E-state index in [0.717, 1.165) is 10.6 Å². The Bertz CT molecular complexity index is 382. The monoisotopic (exact) mass is 255 g/mol. The van der Waals surface area contributed by atoms with Gasteiger partial charge in [0.15, 0.2) is 0 Å². The summed E-state index contributed by atoms with van der Waals surface area (Å²) in [5.41, 5.74) is 6.52. The molecule has 0 aliphatic heterocycles. The summed E-state index contributed by atoms with van der Waals surface area (Å²) >= 11 is 1.52. The molecule has 0 saturated carbocycles. The number of rotatable bonds is 6. The molecule has 0 radical (unpaired) electrons. The van der Waals surface area contributed by atoms with Gasteiger partial charge in [-0.15, -0.1) is 11.8 Å². The lowest BCUT2D eigenvalue weighted by Gasteiger charge is -2.07. The topological polar surface area (TPSA) is 61.5 Å². The van der Waals surface area contributed by atoms with E-state index in [9.17, 15) is 4.79 Å². The minimum absolute atomic E-state index is 0.179. The van der Waals surface area contributed by atoms with Gasteiger partial charge in [-0.2, -0.15) is 0 Å². The molecule has 0 aromatic heterocycles. The Balaban J connectivity index is 2.48. The van der Waals surface area contributed by atoms with Gasteiger partial charge < -0.3 is 15.2 Å². The first-order valence-corrected chi connectivity index (χ1v) is 6.38. The molecule has 0 heterocycles. The van der Waals surface area contributed by atoms with Gasteiger partial charge in [-0.1, -0.05) is 0 Å². The third-order valence-electron chi connectivity index (χ3n) is 2.09. The number of anilines is 1. The Hall–Kier alpha value is -1.36. The minimum atomic E-state index is -0.179. The second-order valence-corrected chi connectivity index (χ2v) is 4.44. The maximum absolute atomic E-state index is 11.1. The Kier molecular flexibility index (Phi) is 5.69. The fourth-order valence-corrected chi connectivity index (χ4v) is 2.17. The van der Waals surface area contributed by atoms with Gasteiger partial charge in [0.2, 0.25) is 0 Å². The van der Waals surface area contributed by atoms with E-state index in [-0.39, 0.29) is 5.97 Å². The lowest BCUT2D eigenvalue weighted by Crippen LogP contribution is -2.04. The lowest BCUT2D eigenvalue weighted by atomic mass is 10.3. The predicted molar refractivity (Wildman–Crippen MR) is 69.4 cm³/mol. The zero-order chi connectivity index (χ0) is 12.7. The number of hydrogen-bond donors (Lipinski definition) is 1. The van der Waals surface area contributed by atoms with Crippen LogP contribution in [-0.4, -0.2) is 25.4 Å². The van der Waals surface area contributed by atoms with Crippen LogP contribution in [0.1, 0.15) is 13.3 Å². The van der Waals surface area contributed by atoms with Crippen molar-refractivity contribution >= 4 is 23.4 Å². The zero-order valence-corrected chi connectivity index (χ0v) is 10.9. The summed E-state index contributed by atoms with van der Waals surface area (Å²) in [6.45, 7) is 2.22. The largest absolute Gasteiger partial charge is 0.497 e. The van der Waals surface area contributed by atoms with Crippen LogP contribution in [0.4, 0.5) is 5.69 Å². The summed E-state index contributed by atoms with van der Waals surface area (Å²) in [7, 11) is 1.61. The summed E-state index contributed by atoms with van der Waals surface area (Å²) < 4.78 is 9.96. The third kappa shape index (κ3) is 4.56. The Morgan fingerprint density at radius 1 is 1.47 bits per heavy atom. The minimum Gasteiger partial charge on any atom is -0.497 e. The average molecular weight is 255 g/mol. The van der Waals surface area contributed by atoms with Crippen LogP contribution in [0, 0.1) is 0 Å². The normalized spacial score (nSPS) is 10.0. The quantitative estimate of drug-likeness (QED) is 0.480. The zero-order valence-electron chi connectivity index (χ0n) is 10.1. The molecule has 4 nitrogen and oxygen atoms in total. The molecule has 17 heavy (non-hydrogen) atoms. The number of methoxy groups -OCH3 is 1. The molecular weight excluding hydrogens is 238 g/mol. The van der Waals surface area contributed by atoms with E-state index in [1.54, 1.807) is 20.1 Å². The lowest BCUT2D eigenvalue weighted by molar-refractivity contribution is -0.142. The molecule has 0 spiro atoms. The maximum Gasteiger partial charge on any atom is 0.306 e. The van der Waals surface area contributed by atoms with Crippen molar-refractivity contribution in [2.24, 2.45) is 0 Å². The standard InChI is InChI=1S/C12H17NO3S/c1-3-16-12(14)6-7-17-11-8-9(15-2)4-5-10(11)13/h4-5,8H,3,6-7,13H2,1-2H3. The van der Waals surface area contributed by atoms with E-state index >= 15 is 0 Å². The highest BCUT2D eigenvalue weighted by Crippen LogP contribution is 2.29. The number of nitrogens with two attached hydrogens (primary N) is 1. The summed E-state index contributed by atoms with van der Waals surface area (Å²) in [5, 5.41) is 0. The van der Waals surface area contributed by atoms with Crippen LogP contribution < -0.4 is 10.5 Å². The molecule has 5 heteroatoms. The molecule has 2 N–H and O–H groups in total. The van der Waals surface area contributed by atoms with Crippen LogP contribution in [-0.2, 0) is 9.53 Å². The van der Waals surface area contributed by atoms with Crippen molar-refractivity contribution in [3.8, 4) is 5.75 Å². The summed E-state index contributed by atoms with van der Waals surface area (Å²) in [6.07, 6.45) is 0.384. The Morgan fingerprint density at radius 3 is 2.88 bits per heavy atom. The van der Waals surface area contributed by atoms with Crippen LogP contribution in [0.25, 0.3) is 0 Å². The van der Waals surface area contributed by atoms with E-state index < -0.39 is 0 Å². The smallest absolute Gasteiger partial charge is 0.306 e. The Labute approximate surface area is 105 Å². The molecule has 0 saturated heterocycles. The fraction of sp³-hybridized carbons (Fsp3) is 0.417. The number of esters is 1. The van der Waals surface area contributed by atoms with Gasteiger partial charge in [0.25, 0.3) is 0 Å². The maximum atomic E-state index is 11.1. The molecule has 0 amide bonds. The molecule has 0 unspecified atom stereocenters. The predicted octanol–water partition coefficient (Wildman–Crippen LogP) is 2.32. The summed E-state index contributed by atoms with van der Waals surface area (Å²) in [6, 6.07) is 5.47. The van der Waals surface area contributed by atoms with Gasteiger partial charge in [0.05, 0.1) is 20.1 Å². The van der Waals surface area contributed by atoms with E-state index in [0.29, 0.717) is 24.5 Å². The molecule has 0 fully saturated rings. The molecule has 1 aromatic carbocycles. The van der Waals surface area contributed by atoms with Crippen molar-refractivity contribution in [1.29, 1.82) is 0 Å². The van der Waals surface area contributed by atoms with Gasteiger partial charge in [-0.3, -0.25) is 4.79 Å². The van der Waals surface area contributed by atoms with Crippen LogP contribution in [0.5, 0.6) is 5.75 Å². The number of carbonyl (C=O) groups is 1. The van der Waals surface area contributed by atoms with E-state index in [2.05, 4.69) is 0 Å². The van der Waals surface area contributed by atoms with Crippen molar-refractivity contribution in [3.05, 3.63) is 18.2 Å². The third-order valence-corrected chi connectivity index (χ3v) is 3.16. The number of nitrogen functional groups attached to an aromatic ring is 1. The molecule has 0 aliphatic carbocycles. The number of thioether (sulfide) groups is 1. The molecule has 1 rings (SSSR count). The van der Waals surface area contributed by atoms with Crippen molar-refractivity contribution in [2.45, 2.75) is 18.2 Å². The molecule has 0 atom stereocenters.